The second-order valence-electron chi connectivity index (χ2n) is 8.37. The van der Waals surface area contributed by atoms with E-state index in [9.17, 15) is 9.90 Å². The van der Waals surface area contributed by atoms with Crippen LogP contribution in [0.25, 0.3) is 0 Å². The Kier molecular flexibility index (Phi) is 9.58. The molecule has 0 atom stereocenters. The minimum Gasteiger partial charge on any atom is -0.507 e. The molecule has 0 saturated carbocycles. The van der Waals surface area contributed by atoms with Gasteiger partial charge < -0.3 is 14.6 Å². The topological polar surface area (TPSA) is 55.8 Å². The fourth-order valence-corrected chi connectivity index (χ4v) is 3.75. The van der Waals surface area contributed by atoms with E-state index in [1.165, 1.54) is 11.1 Å². The maximum atomic E-state index is 13.0. The molecule has 0 radical (unpaired) electrons. The number of aromatic hydroxyl groups is 1. The van der Waals surface area contributed by atoms with Crippen LogP contribution in [0.3, 0.4) is 0 Å². The molecule has 1 N–H and O–H groups in total. The molecule has 2 rings (SSSR count). The first-order valence-electron chi connectivity index (χ1n) is 11.2. The summed E-state index contributed by atoms with van der Waals surface area (Å²) in [4.78, 5) is 13.0. The lowest BCUT2D eigenvalue weighted by atomic mass is 9.87. The number of carbonyl (C=O) groups is 1. The Morgan fingerprint density at radius 2 is 1.50 bits per heavy atom. The molecule has 0 heterocycles. The van der Waals surface area contributed by atoms with Gasteiger partial charge in [-0.05, 0) is 71.4 Å². The number of rotatable bonds is 10. The van der Waals surface area contributed by atoms with Gasteiger partial charge in [0.1, 0.15) is 17.1 Å². The van der Waals surface area contributed by atoms with Gasteiger partial charge in [0.05, 0.1) is 13.7 Å². The number of carbonyl (C=O) groups excluding carboxylic acids is 1. The Morgan fingerprint density at radius 1 is 0.906 bits per heavy atom. The second-order valence-corrected chi connectivity index (χ2v) is 8.37. The Balaban J connectivity index is 2.76. The van der Waals surface area contributed by atoms with Crippen molar-refractivity contribution >= 4 is 5.97 Å². The number of phenols is 1. The highest BCUT2D eigenvalue weighted by atomic mass is 16.5. The molecule has 0 aliphatic heterocycles. The highest BCUT2D eigenvalue weighted by molar-refractivity contribution is 5.96. The maximum Gasteiger partial charge on any atom is 0.342 e. The molecule has 0 saturated heterocycles. The lowest BCUT2D eigenvalue weighted by Gasteiger charge is -2.22. The van der Waals surface area contributed by atoms with Crippen molar-refractivity contribution in [1.29, 1.82) is 0 Å². The first-order valence-corrected chi connectivity index (χ1v) is 11.2. The van der Waals surface area contributed by atoms with E-state index in [1.54, 1.807) is 14.0 Å². The number of methoxy groups -OCH3 is 1. The van der Waals surface area contributed by atoms with Crippen molar-refractivity contribution in [2.24, 2.45) is 0 Å². The van der Waals surface area contributed by atoms with Gasteiger partial charge in [0.15, 0.2) is 0 Å². The van der Waals surface area contributed by atoms with E-state index >= 15 is 0 Å². The van der Waals surface area contributed by atoms with Gasteiger partial charge in [-0.3, -0.25) is 0 Å². The van der Waals surface area contributed by atoms with E-state index in [1.807, 2.05) is 52.0 Å². The molecule has 172 valence electrons. The molecule has 0 aliphatic rings. The van der Waals surface area contributed by atoms with Crippen LogP contribution >= 0.6 is 0 Å². The van der Waals surface area contributed by atoms with Gasteiger partial charge in [-0.2, -0.15) is 0 Å². The van der Waals surface area contributed by atoms with Crippen molar-refractivity contribution in [3.8, 4) is 11.5 Å². The summed E-state index contributed by atoms with van der Waals surface area (Å²) in [6, 6.07) is 10.1. The summed E-state index contributed by atoms with van der Waals surface area (Å²) in [5, 5.41) is 11.3. The van der Waals surface area contributed by atoms with E-state index in [-0.39, 0.29) is 17.9 Å². The van der Waals surface area contributed by atoms with Gasteiger partial charge in [0.2, 0.25) is 0 Å². The van der Waals surface area contributed by atoms with E-state index < -0.39 is 5.97 Å². The molecular formula is C28H36O4. The van der Waals surface area contributed by atoms with Crippen molar-refractivity contribution in [3.05, 3.63) is 81.4 Å². The molecule has 0 spiro atoms. The van der Waals surface area contributed by atoms with Crippen LogP contribution in [0.4, 0.5) is 0 Å². The molecule has 2 aromatic rings. The van der Waals surface area contributed by atoms with Crippen LogP contribution < -0.4 is 4.74 Å². The molecule has 0 bridgehead atoms. The molecule has 0 unspecified atom stereocenters. The van der Waals surface area contributed by atoms with Crippen LogP contribution in [0.15, 0.2) is 53.6 Å². The Hall–Kier alpha value is -3.01. The summed E-state index contributed by atoms with van der Waals surface area (Å²) in [6.45, 7) is 10.1. The first-order chi connectivity index (χ1) is 15.3. The summed E-state index contributed by atoms with van der Waals surface area (Å²) in [5.74, 6) is 0.114. The Bertz CT molecular complexity index is 976. The van der Waals surface area contributed by atoms with Crippen molar-refractivity contribution < 1.29 is 19.4 Å². The first kappa shape index (κ1) is 25.3. The number of hydrogen-bond donors (Lipinski definition) is 1. The maximum absolute atomic E-state index is 13.0. The quantitative estimate of drug-likeness (QED) is 0.347. The van der Waals surface area contributed by atoms with E-state index in [0.29, 0.717) is 30.6 Å². The van der Waals surface area contributed by atoms with Gasteiger partial charge in [0, 0.05) is 11.1 Å². The monoisotopic (exact) mass is 436 g/mol. The Labute approximate surface area is 192 Å². The summed E-state index contributed by atoms with van der Waals surface area (Å²) in [5.41, 5.74) is 6.08. The standard InChI is InChI=1S/C28H36O4/c1-7-32-28(30)25-22(18-15-21-11-9-8-10-12-21)23(16-13-19(2)3)27(31-6)24(26(25)29)17-14-20(4)5/h8-14,29H,7,15-18H2,1-6H3. The summed E-state index contributed by atoms with van der Waals surface area (Å²) in [6.07, 6.45) is 6.58. The average molecular weight is 437 g/mol. The molecular weight excluding hydrogens is 400 g/mol. The van der Waals surface area contributed by atoms with Crippen LogP contribution in [0, 0.1) is 0 Å². The average Bonchev–Trinajstić information content (AvgIpc) is 2.75. The zero-order valence-corrected chi connectivity index (χ0v) is 20.2. The number of esters is 1. The van der Waals surface area contributed by atoms with Crippen LogP contribution in [0.5, 0.6) is 11.5 Å². The van der Waals surface area contributed by atoms with Gasteiger partial charge in [-0.1, -0.05) is 53.6 Å². The minimum atomic E-state index is -0.493. The molecule has 2 aromatic carbocycles. The number of ether oxygens (including phenoxy) is 2. The highest BCUT2D eigenvalue weighted by Crippen LogP contribution is 2.41. The van der Waals surface area contributed by atoms with Crippen LogP contribution in [-0.2, 0) is 30.4 Å². The minimum absolute atomic E-state index is 0.0400. The molecule has 0 aromatic heterocycles. The summed E-state index contributed by atoms with van der Waals surface area (Å²) in [7, 11) is 1.62. The third-order valence-corrected chi connectivity index (χ3v) is 5.36. The van der Waals surface area contributed by atoms with Gasteiger partial charge in [0.25, 0.3) is 0 Å². The largest absolute Gasteiger partial charge is 0.507 e. The van der Waals surface area contributed by atoms with Crippen LogP contribution in [0.1, 0.15) is 67.2 Å². The predicted octanol–water partition coefficient (Wildman–Crippen LogP) is 6.38. The molecule has 4 nitrogen and oxygen atoms in total. The molecule has 0 fully saturated rings. The van der Waals surface area contributed by atoms with Crippen LogP contribution in [-0.4, -0.2) is 24.8 Å². The number of benzene rings is 2. The zero-order chi connectivity index (χ0) is 23.7. The van der Waals surface area contributed by atoms with E-state index in [0.717, 1.165) is 23.1 Å². The normalized spacial score (nSPS) is 10.4. The number of aryl methyl sites for hydroxylation is 1. The summed E-state index contributed by atoms with van der Waals surface area (Å²) < 4.78 is 11.2. The van der Waals surface area contributed by atoms with Crippen molar-refractivity contribution in [3.63, 3.8) is 0 Å². The second kappa shape index (κ2) is 12.1. The van der Waals surface area contributed by atoms with Crippen LogP contribution in [0.2, 0.25) is 0 Å². The smallest absolute Gasteiger partial charge is 0.342 e. The van der Waals surface area contributed by atoms with Gasteiger partial charge in [-0.15, -0.1) is 0 Å². The molecule has 4 heteroatoms. The lowest BCUT2D eigenvalue weighted by molar-refractivity contribution is 0.0521. The van der Waals surface area contributed by atoms with Crippen molar-refractivity contribution in [2.45, 2.75) is 60.3 Å². The molecule has 32 heavy (non-hydrogen) atoms. The number of phenolic OH excluding ortho intramolecular Hbond substituents is 1. The molecule has 0 aliphatic carbocycles. The van der Waals surface area contributed by atoms with Crippen molar-refractivity contribution in [1.82, 2.24) is 0 Å². The third-order valence-electron chi connectivity index (χ3n) is 5.36. The number of hydrogen-bond acceptors (Lipinski definition) is 4. The van der Waals surface area contributed by atoms with E-state index in [4.69, 9.17) is 9.47 Å². The van der Waals surface area contributed by atoms with Gasteiger partial charge in [-0.25, -0.2) is 4.79 Å². The van der Waals surface area contributed by atoms with Crippen molar-refractivity contribution in [2.75, 3.05) is 13.7 Å². The number of allylic oxidation sites excluding steroid dienone is 4. The third kappa shape index (κ3) is 6.49. The van der Waals surface area contributed by atoms with Gasteiger partial charge >= 0.3 is 5.97 Å². The predicted molar refractivity (Wildman–Crippen MR) is 131 cm³/mol. The zero-order valence-electron chi connectivity index (χ0n) is 20.2. The SMILES string of the molecule is CCOC(=O)c1c(O)c(CC=C(C)C)c(OC)c(CC=C(C)C)c1CCc1ccccc1. The fourth-order valence-electron chi connectivity index (χ4n) is 3.75. The summed E-state index contributed by atoms with van der Waals surface area (Å²) >= 11 is 0. The molecule has 0 amide bonds. The highest BCUT2D eigenvalue weighted by Gasteiger charge is 2.28. The fraction of sp³-hybridized carbons (Fsp3) is 0.393. The lowest BCUT2D eigenvalue weighted by Crippen LogP contribution is -2.15. The Morgan fingerprint density at radius 3 is 2.03 bits per heavy atom. The van der Waals surface area contributed by atoms with E-state index in [2.05, 4.69) is 18.2 Å².